The number of benzene rings is 1. The number of thioether (sulfide) groups is 1. The van der Waals surface area contributed by atoms with Crippen molar-refractivity contribution in [2.24, 2.45) is 5.73 Å². The second kappa shape index (κ2) is 6.67. The lowest BCUT2D eigenvalue weighted by Gasteiger charge is -2.12. The van der Waals surface area contributed by atoms with Crippen molar-refractivity contribution >= 4 is 23.4 Å². The highest BCUT2D eigenvalue weighted by molar-refractivity contribution is 7.98. The van der Waals surface area contributed by atoms with Crippen molar-refractivity contribution in [3.05, 3.63) is 29.3 Å². The van der Waals surface area contributed by atoms with Crippen LogP contribution in [-0.4, -0.2) is 24.0 Å². The SMILES string of the molecule is CSCC[C@H](N)C(=O)Nc1ccc(C)c(C)c1. The van der Waals surface area contributed by atoms with Gasteiger partial charge >= 0.3 is 0 Å². The largest absolute Gasteiger partial charge is 0.325 e. The zero-order valence-corrected chi connectivity index (χ0v) is 11.4. The summed E-state index contributed by atoms with van der Waals surface area (Å²) in [6, 6.07) is 5.44. The minimum Gasteiger partial charge on any atom is -0.325 e. The van der Waals surface area contributed by atoms with Gasteiger partial charge in [-0.05, 0) is 55.5 Å². The third-order valence-electron chi connectivity index (χ3n) is 2.74. The fourth-order valence-corrected chi connectivity index (χ4v) is 1.92. The van der Waals surface area contributed by atoms with Crippen LogP contribution in [0.1, 0.15) is 17.5 Å². The van der Waals surface area contributed by atoms with Crippen molar-refractivity contribution in [3.8, 4) is 0 Å². The Morgan fingerprint density at radius 1 is 1.41 bits per heavy atom. The third kappa shape index (κ3) is 4.40. The number of carbonyl (C=O) groups excluding carboxylic acids is 1. The summed E-state index contributed by atoms with van der Waals surface area (Å²) in [6.07, 6.45) is 2.71. The average molecular weight is 252 g/mol. The van der Waals surface area contributed by atoms with Crippen LogP contribution in [0.2, 0.25) is 0 Å². The molecule has 1 atom stereocenters. The van der Waals surface area contributed by atoms with E-state index < -0.39 is 6.04 Å². The van der Waals surface area contributed by atoms with Gasteiger partial charge in [0.15, 0.2) is 0 Å². The van der Waals surface area contributed by atoms with Gasteiger partial charge in [0.25, 0.3) is 0 Å². The number of carbonyl (C=O) groups is 1. The number of rotatable bonds is 5. The lowest BCUT2D eigenvalue weighted by Crippen LogP contribution is -2.36. The maximum Gasteiger partial charge on any atom is 0.241 e. The third-order valence-corrected chi connectivity index (χ3v) is 3.39. The quantitative estimate of drug-likeness (QED) is 0.845. The Kier molecular flexibility index (Phi) is 5.51. The monoisotopic (exact) mass is 252 g/mol. The lowest BCUT2D eigenvalue weighted by molar-refractivity contribution is -0.117. The van der Waals surface area contributed by atoms with Crippen LogP contribution >= 0.6 is 11.8 Å². The molecular weight excluding hydrogens is 232 g/mol. The summed E-state index contributed by atoms with van der Waals surface area (Å²) in [7, 11) is 0. The molecule has 0 saturated carbocycles. The Morgan fingerprint density at radius 2 is 2.12 bits per heavy atom. The maximum atomic E-state index is 11.8. The van der Waals surface area contributed by atoms with Gasteiger partial charge in [-0.25, -0.2) is 0 Å². The van der Waals surface area contributed by atoms with Crippen molar-refractivity contribution in [2.45, 2.75) is 26.3 Å². The Balaban J connectivity index is 2.58. The van der Waals surface area contributed by atoms with Gasteiger partial charge in [0, 0.05) is 5.69 Å². The number of hydrogen-bond acceptors (Lipinski definition) is 3. The first-order valence-corrected chi connectivity index (χ1v) is 7.06. The predicted molar refractivity (Wildman–Crippen MR) is 75.5 cm³/mol. The molecule has 0 saturated heterocycles. The fourth-order valence-electron chi connectivity index (χ4n) is 1.43. The zero-order valence-electron chi connectivity index (χ0n) is 10.6. The van der Waals surface area contributed by atoms with Crippen LogP contribution in [0.3, 0.4) is 0 Å². The summed E-state index contributed by atoms with van der Waals surface area (Å²) in [5.41, 5.74) is 9.00. The first-order valence-electron chi connectivity index (χ1n) is 5.67. The predicted octanol–water partition coefficient (Wildman–Crippen LogP) is 2.32. The Bertz CT molecular complexity index is 393. The molecule has 1 amide bonds. The van der Waals surface area contributed by atoms with Crippen LogP contribution in [-0.2, 0) is 4.79 Å². The van der Waals surface area contributed by atoms with Gasteiger partial charge in [-0.15, -0.1) is 0 Å². The van der Waals surface area contributed by atoms with Crippen molar-refractivity contribution in [3.63, 3.8) is 0 Å². The molecule has 17 heavy (non-hydrogen) atoms. The summed E-state index contributed by atoms with van der Waals surface area (Å²) in [5.74, 6) is 0.795. The van der Waals surface area contributed by atoms with Crippen molar-refractivity contribution in [1.82, 2.24) is 0 Å². The number of hydrogen-bond donors (Lipinski definition) is 2. The summed E-state index contributed by atoms with van der Waals surface area (Å²) in [5, 5.41) is 2.85. The van der Waals surface area contributed by atoms with Crippen molar-refractivity contribution in [1.29, 1.82) is 0 Å². The van der Waals surface area contributed by atoms with E-state index in [4.69, 9.17) is 5.73 Å². The molecule has 0 aromatic heterocycles. The van der Waals surface area contributed by atoms with E-state index in [-0.39, 0.29) is 5.91 Å². The van der Waals surface area contributed by atoms with Crippen LogP contribution < -0.4 is 11.1 Å². The molecule has 3 nitrogen and oxygen atoms in total. The molecule has 0 aliphatic heterocycles. The molecule has 1 aromatic carbocycles. The standard InChI is InChI=1S/C13H20N2OS/c1-9-4-5-11(8-10(9)2)15-13(16)12(14)6-7-17-3/h4-5,8,12H,6-7,14H2,1-3H3,(H,15,16)/t12-/m0/s1. The molecule has 0 fully saturated rings. The van der Waals surface area contributed by atoms with E-state index in [1.807, 2.05) is 38.3 Å². The minimum absolute atomic E-state index is 0.109. The molecule has 4 heteroatoms. The fraction of sp³-hybridized carbons (Fsp3) is 0.462. The number of anilines is 1. The number of aryl methyl sites for hydroxylation is 2. The highest BCUT2D eigenvalue weighted by Crippen LogP contribution is 2.14. The number of amides is 1. The molecule has 0 radical (unpaired) electrons. The average Bonchev–Trinajstić information content (AvgIpc) is 2.30. The van der Waals surface area contributed by atoms with Crippen molar-refractivity contribution in [2.75, 3.05) is 17.3 Å². The smallest absolute Gasteiger partial charge is 0.241 e. The topological polar surface area (TPSA) is 55.1 Å². The molecule has 3 N–H and O–H groups in total. The van der Waals surface area contributed by atoms with E-state index >= 15 is 0 Å². The molecular formula is C13H20N2OS. The highest BCUT2D eigenvalue weighted by atomic mass is 32.2. The van der Waals surface area contributed by atoms with Gasteiger partial charge in [0.2, 0.25) is 5.91 Å². The first-order chi connectivity index (χ1) is 8.04. The second-order valence-electron chi connectivity index (χ2n) is 4.18. The Hall–Kier alpha value is -1.00. The Morgan fingerprint density at radius 3 is 2.71 bits per heavy atom. The lowest BCUT2D eigenvalue weighted by atomic mass is 10.1. The molecule has 0 heterocycles. The molecule has 0 aliphatic rings. The number of nitrogens with two attached hydrogens (primary N) is 1. The molecule has 0 unspecified atom stereocenters. The molecule has 94 valence electrons. The molecule has 1 rings (SSSR count). The summed E-state index contributed by atoms with van der Waals surface area (Å²) in [4.78, 5) is 11.8. The van der Waals surface area contributed by atoms with Gasteiger partial charge in [0.05, 0.1) is 6.04 Å². The molecule has 0 aliphatic carbocycles. The van der Waals surface area contributed by atoms with E-state index in [1.54, 1.807) is 11.8 Å². The van der Waals surface area contributed by atoms with Crippen LogP contribution in [0.25, 0.3) is 0 Å². The van der Waals surface area contributed by atoms with E-state index in [0.29, 0.717) is 6.42 Å². The van der Waals surface area contributed by atoms with Gasteiger partial charge in [-0.2, -0.15) is 11.8 Å². The second-order valence-corrected chi connectivity index (χ2v) is 5.16. The molecule has 0 bridgehead atoms. The Labute approximate surface area is 107 Å². The van der Waals surface area contributed by atoms with Gasteiger partial charge in [-0.1, -0.05) is 6.07 Å². The van der Waals surface area contributed by atoms with Crippen LogP contribution in [0.15, 0.2) is 18.2 Å². The van der Waals surface area contributed by atoms with E-state index in [0.717, 1.165) is 11.4 Å². The summed E-state index contributed by atoms with van der Waals surface area (Å²) in [6.45, 7) is 4.07. The van der Waals surface area contributed by atoms with Crippen LogP contribution in [0.5, 0.6) is 0 Å². The van der Waals surface area contributed by atoms with Crippen LogP contribution in [0.4, 0.5) is 5.69 Å². The van der Waals surface area contributed by atoms with Crippen molar-refractivity contribution < 1.29 is 4.79 Å². The zero-order chi connectivity index (χ0) is 12.8. The first kappa shape index (κ1) is 14.1. The van der Waals surface area contributed by atoms with Gasteiger partial charge in [-0.3, -0.25) is 4.79 Å². The van der Waals surface area contributed by atoms with E-state index in [1.165, 1.54) is 11.1 Å². The normalized spacial score (nSPS) is 12.2. The van der Waals surface area contributed by atoms with Gasteiger partial charge < -0.3 is 11.1 Å². The van der Waals surface area contributed by atoms with E-state index in [9.17, 15) is 4.79 Å². The highest BCUT2D eigenvalue weighted by Gasteiger charge is 2.12. The molecule has 0 spiro atoms. The molecule has 1 aromatic rings. The summed E-state index contributed by atoms with van der Waals surface area (Å²) < 4.78 is 0. The van der Waals surface area contributed by atoms with E-state index in [2.05, 4.69) is 5.32 Å². The van der Waals surface area contributed by atoms with Crippen LogP contribution in [0, 0.1) is 13.8 Å². The summed E-state index contributed by atoms with van der Waals surface area (Å²) >= 11 is 1.70. The minimum atomic E-state index is -0.427. The van der Waals surface area contributed by atoms with Gasteiger partial charge in [0.1, 0.15) is 0 Å². The maximum absolute atomic E-state index is 11.8. The number of nitrogens with one attached hydrogen (secondary N) is 1.